The molecule has 0 bridgehead atoms. The molecule has 5 heteroatoms. The number of esters is 1. The highest BCUT2D eigenvalue weighted by molar-refractivity contribution is 7.90. The topological polar surface area (TPSA) is 60.4 Å². The van der Waals surface area contributed by atoms with Crippen LogP contribution in [-0.2, 0) is 25.8 Å². The summed E-state index contributed by atoms with van der Waals surface area (Å²) in [7, 11) is -1.77. The van der Waals surface area contributed by atoms with Crippen molar-refractivity contribution in [1.82, 2.24) is 0 Å². The number of aryl methyl sites for hydroxylation is 1. The third-order valence-corrected chi connectivity index (χ3v) is 3.55. The number of methoxy groups -OCH3 is 1. The molecule has 0 amide bonds. The van der Waals surface area contributed by atoms with Crippen molar-refractivity contribution in [2.45, 2.75) is 24.2 Å². The van der Waals surface area contributed by atoms with Crippen LogP contribution < -0.4 is 0 Å². The van der Waals surface area contributed by atoms with Crippen molar-refractivity contribution in [1.29, 1.82) is 0 Å². The molecule has 17 heavy (non-hydrogen) atoms. The molecular formula is C12H16O4S. The lowest BCUT2D eigenvalue weighted by molar-refractivity contribution is -0.140. The fourth-order valence-electron chi connectivity index (χ4n) is 1.44. The first kappa shape index (κ1) is 13.7. The van der Waals surface area contributed by atoms with Crippen LogP contribution in [0.2, 0.25) is 0 Å². The van der Waals surface area contributed by atoms with E-state index in [1.165, 1.54) is 13.4 Å². The smallest absolute Gasteiger partial charge is 0.305 e. The Kier molecular flexibility index (Phi) is 4.69. The van der Waals surface area contributed by atoms with Crippen LogP contribution >= 0.6 is 0 Å². The Morgan fingerprint density at radius 3 is 2.29 bits per heavy atom. The second kappa shape index (κ2) is 5.82. The zero-order chi connectivity index (χ0) is 12.9. The molecule has 1 aromatic carbocycles. The highest BCUT2D eigenvalue weighted by atomic mass is 32.2. The molecule has 4 nitrogen and oxygen atoms in total. The monoisotopic (exact) mass is 256 g/mol. The van der Waals surface area contributed by atoms with Gasteiger partial charge in [-0.3, -0.25) is 4.79 Å². The maximum atomic E-state index is 11.2. The number of carbonyl (C=O) groups is 1. The number of hydrogen-bond donors (Lipinski definition) is 0. The van der Waals surface area contributed by atoms with Crippen molar-refractivity contribution in [2.75, 3.05) is 13.4 Å². The SMILES string of the molecule is COC(=O)CCCc1ccc(S(C)(=O)=O)cc1. The Morgan fingerprint density at radius 2 is 1.82 bits per heavy atom. The molecule has 0 radical (unpaired) electrons. The number of ether oxygens (including phenoxy) is 1. The van der Waals surface area contributed by atoms with Crippen molar-refractivity contribution in [3.05, 3.63) is 29.8 Å². The predicted molar refractivity (Wildman–Crippen MR) is 64.5 cm³/mol. The number of hydrogen-bond acceptors (Lipinski definition) is 4. The maximum absolute atomic E-state index is 11.2. The summed E-state index contributed by atoms with van der Waals surface area (Å²) in [5, 5.41) is 0. The standard InChI is InChI=1S/C12H16O4S/c1-16-12(13)5-3-4-10-6-8-11(9-7-10)17(2,14)15/h6-9H,3-5H2,1-2H3. The van der Waals surface area contributed by atoms with E-state index in [0.29, 0.717) is 17.7 Å². The maximum Gasteiger partial charge on any atom is 0.305 e. The van der Waals surface area contributed by atoms with Crippen LogP contribution in [0, 0.1) is 0 Å². The molecule has 0 atom stereocenters. The van der Waals surface area contributed by atoms with Gasteiger partial charge in [-0.25, -0.2) is 8.42 Å². The minimum absolute atomic E-state index is 0.224. The first-order valence-corrected chi connectivity index (χ1v) is 7.18. The number of rotatable bonds is 5. The normalized spacial score (nSPS) is 11.2. The summed E-state index contributed by atoms with van der Waals surface area (Å²) in [5.41, 5.74) is 1.02. The second-order valence-electron chi connectivity index (χ2n) is 3.85. The molecule has 0 aliphatic carbocycles. The van der Waals surface area contributed by atoms with E-state index < -0.39 is 9.84 Å². The molecule has 0 aliphatic rings. The Balaban J connectivity index is 2.55. The van der Waals surface area contributed by atoms with Gasteiger partial charge in [0.25, 0.3) is 0 Å². The Bertz CT molecular complexity index is 474. The number of carbonyl (C=O) groups excluding carboxylic acids is 1. The van der Waals surface area contributed by atoms with Crippen molar-refractivity contribution in [3.63, 3.8) is 0 Å². The molecule has 1 rings (SSSR count). The van der Waals surface area contributed by atoms with Gasteiger partial charge in [-0.2, -0.15) is 0 Å². The highest BCUT2D eigenvalue weighted by Gasteiger charge is 2.06. The quantitative estimate of drug-likeness (QED) is 0.750. The van der Waals surface area contributed by atoms with E-state index in [4.69, 9.17) is 0 Å². The summed E-state index contributed by atoms with van der Waals surface area (Å²) in [6.45, 7) is 0. The van der Waals surface area contributed by atoms with Gasteiger partial charge >= 0.3 is 5.97 Å². The van der Waals surface area contributed by atoms with Crippen LogP contribution in [0.1, 0.15) is 18.4 Å². The average Bonchev–Trinajstić information content (AvgIpc) is 2.28. The van der Waals surface area contributed by atoms with E-state index >= 15 is 0 Å². The molecule has 0 aliphatic heterocycles. The van der Waals surface area contributed by atoms with E-state index in [1.807, 2.05) is 0 Å². The van der Waals surface area contributed by atoms with Crippen molar-refractivity contribution in [3.8, 4) is 0 Å². The Morgan fingerprint density at radius 1 is 1.24 bits per heavy atom. The van der Waals surface area contributed by atoms with Crippen LogP contribution in [0.3, 0.4) is 0 Å². The van der Waals surface area contributed by atoms with Crippen LogP contribution in [0.4, 0.5) is 0 Å². The van der Waals surface area contributed by atoms with Gasteiger partial charge in [0.05, 0.1) is 12.0 Å². The van der Waals surface area contributed by atoms with Crippen LogP contribution in [-0.4, -0.2) is 27.8 Å². The minimum Gasteiger partial charge on any atom is -0.469 e. The Hall–Kier alpha value is -1.36. The van der Waals surface area contributed by atoms with Gasteiger partial charge in [-0.15, -0.1) is 0 Å². The van der Waals surface area contributed by atoms with Gasteiger partial charge in [0.2, 0.25) is 0 Å². The lowest BCUT2D eigenvalue weighted by atomic mass is 10.1. The molecule has 0 heterocycles. The third kappa shape index (κ3) is 4.56. The minimum atomic E-state index is -3.13. The molecule has 0 aromatic heterocycles. The van der Waals surface area contributed by atoms with Crippen LogP contribution in [0.5, 0.6) is 0 Å². The predicted octanol–water partition coefficient (Wildman–Crippen LogP) is 1.59. The van der Waals surface area contributed by atoms with Crippen LogP contribution in [0.25, 0.3) is 0 Å². The van der Waals surface area contributed by atoms with E-state index in [2.05, 4.69) is 4.74 Å². The average molecular weight is 256 g/mol. The molecule has 0 spiro atoms. The number of sulfone groups is 1. The number of benzene rings is 1. The van der Waals surface area contributed by atoms with Crippen LogP contribution in [0.15, 0.2) is 29.2 Å². The molecule has 0 N–H and O–H groups in total. The molecule has 0 saturated heterocycles. The lowest BCUT2D eigenvalue weighted by Crippen LogP contribution is -2.01. The van der Waals surface area contributed by atoms with Crippen molar-refractivity contribution in [2.24, 2.45) is 0 Å². The van der Waals surface area contributed by atoms with Gasteiger partial charge in [0.15, 0.2) is 9.84 Å². The summed E-state index contributed by atoms with van der Waals surface area (Å²) < 4.78 is 27.0. The largest absolute Gasteiger partial charge is 0.469 e. The zero-order valence-electron chi connectivity index (χ0n) is 9.97. The summed E-state index contributed by atoms with van der Waals surface area (Å²) in [6.07, 6.45) is 2.99. The van der Waals surface area contributed by atoms with Gasteiger partial charge in [0, 0.05) is 12.7 Å². The first-order chi connectivity index (χ1) is 7.93. The molecule has 0 fully saturated rings. The Labute approximate surface area is 102 Å². The van der Waals surface area contributed by atoms with E-state index in [0.717, 1.165) is 12.0 Å². The molecule has 0 unspecified atom stereocenters. The summed E-state index contributed by atoms with van der Waals surface area (Å²) >= 11 is 0. The van der Waals surface area contributed by atoms with Crippen molar-refractivity contribution >= 4 is 15.8 Å². The van der Waals surface area contributed by atoms with Gasteiger partial charge < -0.3 is 4.74 Å². The third-order valence-electron chi connectivity index (χ3n) is 2.43. The van der Waals surface area contributed by atoms with E-state index in [1.54, 1.807) is 24.3 Å². The second-order valence-corrected chi connectivity index (χ2v) is 5.86. The summed E-state index contributed by atoms with van der Waals surface area (Å²) in [4.78, 5) is 11.2. The van der Waals surface area contributed by atoms with Gasteiger partial charge in [-0.1, -0.05) is 12.1 Å². The van der Waals surface area contributed by atoms with E-state index in [-0.39, 0.29) is 5.97 Å². The van der Waals surface area contributed by atoms with E-state index in [9.17, 15) is 13.2 Å². The highest BCUT2D eigenvalue weighted by Crippen LogP contribution is 2.12. The fourth-order valence-corrected chi connectivity index (χ4v) is 2.07. The van der Waals surface area contributed by atoms with Crippen molar-refractivity contribution < 1.29 is 17.9 Å². The van der Waals surface area contributed by atoms with Gasteiger partial charge in [-0.05, 0) is 30.5 Å². The fraction of sp³-hybridized carbons (Fsp3) is 0.417. The van der Waals surface area contributed by atoms with Gasteiger partial charge in [0.1, 0.15) is 0 Å². The lowest BCUT2D eigenvalue weighted by Gasteiger charge is -2.02. The molecular weight excluding hydrogens is 240 g/mol. The molecule has 94 valence electrons. The first-order valence-electron chi connectivity index (χ1n) is 5.29. The molecule has 1 aromatic rings. The summed E-state index contributed by atoms with van der Waals surface area (Å²) in [5.74, 6) is -0.224. The summed E-state index contributed by atoms with van der Waals surface area (Å²) in [6, 6.07) is 6.72. The molecule has 0 saturated carbocycles. The zero-order valence-corrected chi connectivity index (χ0v) is 10.8.